The minimum atomic E-state index is 0.952. The Hall–Kier alpha value is -11.6. The molecule has 6 nitrogen and oxygen atoms in total. The lowest BCUT2D eigenvalue weighted by atomic mass is 10.1. The number of para-hydroxylation sites is 5. The van der Waals surface area contributed by atoms with E-state index in [1.807, 2.05) is 103 Å². The maximum Gasteiger partial charge on any atom is 0.145 e. The molecule has 0 fully saturated rings. The van der Waals surface area contributed by atoms with Gasteiger partial charge in [-0.2, -0.15) is 0 Å². The third kappa shape index (κ3) is 14.2. The molecule has 6 heteroatoms. The first-order chi connectivity index (χ1) is 42.4. The topological polar surface area (TPSA) is 61.4 Å². The molecule has 5 aromatic heterocycles. The van der Waals surface area contributed by atoms with E-state index in [2.05, 4.69) is 257 Å². The van der Waals surface area contributed by atoms with Gasteiger partial charge < -0.3 is 4.57 Å². The summed E-state index contributed by atoms with van der Waals surface area (Å²) < 4.78 is 4.52. The van der Waals surface area contributed by atoms with Crippen molar-refractivity contribution in [2.24, 2.45) is 0 Å². The average Bonchev–Trinajstić information content (AvgIpc) is 3.04. The maximum absolute atomic E-state index is 4.85. The number of rotatable bonds is 11. The second-order valence-corrected chi connectivity index (χ2v) is 19.8. The van der Waals surface area contributed by atoms with Crippen molar-refractivity contribution < 1.29 is 0 Å². The van der Waals surface area contributed by atoms with Crippen LogP contribution in [0.4, 0.5) is 0 Å². The SMILES string of the molecule is C=Cc1ccc(-c2ccccn2)cc1.C=Cc1ccc(-c2cccnc2)cc1.C=Cc1ccc(-c2ccncc2)cc1.C=Cc1ccc(-c2nc3ccccc3n2-c2ccccc2)cc1.C=Cc1ccc(-n2c3ccccc3c3ccccc32)cc1. The molecule has 14 aromatic rings. The molecule has 414 valence electrons. The average molecular weight is 1110 g/mol. The molecular weight excluding hydrogens is 1040 g/mol. The standard InChI is InChI=1S/C21H16N2.C20H15N.3C13H11N/c1-2-16-12-14-17(15-13-16)21-22-19-10-6-7-11-20(19)23(21)18-8-4-3-5-9-18;1-2-15-11-13-16(14-12-15)21-19-9-5-3-7-17(19)18-8-4-6-10-20(18)21;1-2-11-3-5-12(6-4-11)13-7-9-14-10-8-13;1-2-11-5-7-12(8-6-11)13-4-3-9-14-10-13;1-2-11-6-8-12(9-7-11)13-5-3-4-10-14-13/h2-15H,1H2;2-14H,1H2;3*2-10H,1H2. The molecule has 0 aliphatic heterocycles. The second kappa shape index (κ2) is 28.9. The van der Waals surface area contributed by atoms with Gasteiger partial charge in [-0.1, -0.05) is 251 Å². The van der Waals surface area contributed by atoms with E-state index in [0.717, 1.165) is 72.7 Å². The number of pyridine rings is 3. The molecule has 0 spiro atoms. The largest absolute Gasteiger partial charge is 0.309 e. The predicted molar refractivity (Wildman–Crippen MR) is 367 cm³/mol. The highest BCUT2D eigenvalue weighted by Gasteiger charge is 2.14. The fourth-order valence-corrected chi connectivity index (χ4v) is 9.81. The van der Waals surface area contributed by atoms with Gasteiger partial charge in [-0.3, -0.25) is 19.5 Å². The van der Waals surface area contributed by atoms with Crippen LogP contribution in [-0.2, 0) is 0 Å². The summed E-state index contributed by atoms with van der Waals surface area (Å²) in [4.78, 5) is 17.2. The summed E-state index contributed by atoms with van der Waals surface area (Å²) >= 11 is 0. The molecule has 0 saturated carbocycles. The Morgan fingerprint density at radius 1 is 0.279 bits per heavy atom. The molecule has 5 heterocycles. The Kier molecular flexibility index (Phi) is 19.4. The number of aromatic nitrogens is 6. The van der Waals surface area contributed by atoms with Crippen LogP contribution in [0.2, 0.25) is 0 Å². The van der Waals surface area contributed by atoms with Crippen LogP contribution in [0.3, 0.4) is 0 Å². The maximum atomic E-state index is 4.85. The number of imidazole rings is 1. The van der Waals surface area contributed by atoms with Gasteiger partial charge in [0.1, 0.15) is 5.82 Å². The predicted octanol–water partition coefficient (Wildman–Crippen LogP) is 20.9. The fourth-order valence-electron chi connectivity index (χ4n) is 9.81. The molecule has 0 radical (unpaired) electrons. The monoisotopic (exact) mass is 1110 g/mol. The van der Waals surface area contributed by atoms with Crippen LogP contribution in [0, 0.1) is 0 Å². The minimum absolute atomic E-state index is 0.952. The van der Waals surface area contributed by atoms with Gasteiger partial charge in [-0.25, -0.2) is 4.98 Å². The van der Waals surface area contributed by atoms with E-state index < -0.39 is 0 Å². The lowest BCUT2D eigenvalue weighted by Crippen LogP contribution is -1.97. The van der Waals surface area contributed by atoms with E-state index in [9.17, 15) is 0 Å². The molecular formula is C80H64N6. The van der Waals surface area contributed by atoms with Crippen molar-refractivity contribution in [2.75, 3.05) is 0 Å². The second-order valence-electron chi connectivity index (χ2n) is 19.8. The van der Waals surface area contributed by atoms with Crippen molar-refractivity contribution in [3.05, 3.63) is 359 Å². The van der Waals surface area contributed by atoms with Gasteiger partial charge >= 0.3 is 0 Å². The number of benzene rings is 9. The van der Waals surface area contributed by atoms with Crippen LogP contribution in [0.1, 0.15) is 27.8 Å². The first-order valence-corrected chi connectivity index (χ1v) is 28.3. The van der Waals surface area contributed by atoms with Gasteiger partial charge in [0.25, 0.3) is 0 Å². The lowest BCUT2D eigenvalue weighted by molar-refractivity contribution is 1.10. The molecule has 0 unspecified atom stereocenters. The highest BCUT2D eigenvalue weighted by molar-refractivity contribution is 6.09. The van der Waals surface area contributed by atoms with Crippen LogP contribution in [0.15, 0.2) is 331 Å². The van der Waals surface area contributed by atoms with E-state index in [1.165, 1.54) is 44.2 Å². The third-order valence-corrected chi connectivity index (χ3v) is 14.4. The number of fused-ring (bicyclic) bond motifs is 4. The van der Waals surface area contributed by atoms with E-state index in [-0.39, 0.29) is 0 Å². The molecule has 0 bridgehead atoms. The summed E-state index contributed by atoms with van der Waals surface area (Å²) in [7, 11) is 0. The van der Waals surface area contributed by atoms with Crippen LogP contribution in [0.5, 0.6) is 0 Å². The van der Waals surface area contributed by atoms with E-state index in [0.29, 0.717) is 0 Å². The smallest absolute Gasteiger partial charge is 0.145 e. The quantitative estimate of drug-likeness (QED) is 0.129. The molecule has 0 N–H and O–H groups in total. The van der Waals surface area contributed by atoms with Gasteiger partial charge in [0.15, 0.2) is 0 Å². The highest BCUT2D eigenvalue weighted by Crippen LogP contribution is 2.33. The van der Waals surface area contributed by atoms with Crippen molar-refractivity contribution >= 4 is 63.2 Å². The Bertz CT molecular complexity index is 4210. The van der Waals surface area contributed by atoms with Crippen LogP contribution in [-0.4, -0.2) is 29.1 Å². The van der Waals surface area contributed by atoms with Crippen LogP contribution in [0.25, 0.3) is 119 Å². The first kappa shape index (κ1) is 57.6. The highest BCUT2D eigenvalue weighted by atomic mass is 15.1. The lowest BCUT2D eigenvalue weighted by Gasteiger charge is -2.09. The van der Waals surface area contributed by atoms with Gasteiger partial charge in [-0.05, 0) is 129 Å². The zero-order chi connectivity index (χ0) is 59.3. The number of hydrogen-bond donors (Lipinski definition) is 0. The first-order valence-electron chi connectivity index (χ1n) is 28.3. The summed E-state index contributed by atoms with van der Waals surface area (Å²) in [6.45, 7) is 18.8. The minimum Gasteiger partial charge on any atom is -0.309 e. The van der Waals surface area contributed by atoms with E-state index >= 15 is 0 Å². The fraction of sp³-hybridized carbons (Fsp3) is 0. The molecule has 0 amide bonds. The molecule has 0 atom stereocenters. The van der Waals surface area contributed by atoms with Crippen LogP contribution >= 0.6 is 0 Å². The van der Waals surface area contributed by atoms with E-state index in [4.69, 9.17) is 4.98 Å². The zero-order valence-corrected chi connectivity index (χ0v) is 47.9. The molecule has 0 saturated heterocycles. The summed E-state index contributed by atoms with van der Waals surface area (Å²) in [5.41, 5.74) is 20.5. The Morgan fingerprint density at radius 3 is 1.21 bits per heavy atom. The molecule has 9 aromatic carbocycles. The molecule has 0 aliphatic rings. The zero-order valence-electron chi connectivity index (χ0n) is 47.9. The van der Waals surface area contributed by atoms with Crippen molar-refractivity contribution in [3.8, 4) is 56.3 Å². The summed E-state index contributed by atoms with van der Waals surface area (Å²) in [5, 5.41) is 2.58. The third-order valence-electron chi connectivity index (χ3n) is 14.4. The Labute approximate surface area is 504 Å². The number of hydrogen-bond acceptors (Lipinski definition) is 4. The Morgan fingerprint density at radius 2 is 0.709 bits per heavy atom. The Balaban J connectivity index is 0.000000122. The van der Waals surface area contributed by atoms with Crippen molar-refractivity contribution in [2.45, 2.75) is 0 Å². The van der Waals surface area contributed by atoms with Crippen molar-refractivity contribution in [1.82, 2.24) is 29.1 Å². The van der Waals surface area contributed by atoms with Gasteiger partial charge in [0.2, 0.25) is 0 Å². The summed E-state index contributed by atoms with van der Waals surface area (Å²) in [5.74, 6) is 0.952. The number of nitrogens with zero attached hydrogens (tertiary/aromatic N) is 6. The molecule has 0 aliphatic carbocycles. The van der Waals surface area contributed by atoms with Crippen molar-refractivity contribution in [3.63, 3.8) is 0 Å². The van der Waals surface area contributed by atoms with Gasteiger partial charge in [0.05, 0.1) is 27.8 Å². The van der Waals surface area contributed by atoms with E-state index in [1.54, 1.807) is 24.8 Å². The summed E-state index contributed by atoms with van der Waals surface area (Å²) in [6.07, 6.45) is 18.3. The normalized spacial score (nSPS) is 10.3. The molecule has 86 heavy (non-hydrogen) atoms. The van der Waals surface area contributed by atoms with Crippen LogP contribution < -0.4 is 0 Å². The molecule has 14 rings (SSSR count). The van der Waals surface area contributed by atoms with Crippen molar-refractivity contribution in [1.29, 1.82) is 0 Å². The van der Waals surface area contributed by atoms with Gasteiger partial charge in [-0.15, -0.1) is 0 Å². The van der Waals surface area contributed by atoms with Gasteiger partial charge in [0, 0.05) is 64.3 Å². The summed E-state index contributed by atoms with van der Waals surface area (Å²) in [6, 6.07) is 91.2.